The summed E-state index contributed by atoms with van der Waals surface area (Å²) < 4.78 is 31.1. The number of hydrogen-bond donors (Lipinski definition) is 1. The fourth-order valence-corrected chi connectivity index (χ4v) is 1.96. The van der Waals surface area contributed by atoms with Crippen molar-refractivity contribution >= 4 is 0 Å². The number of alkyl halides is 2. The van der Waals surface area contributed by atoms with Gasteiger partial charge < -0.3 is 14.6 Å². The number of nitrogens with one attached hydrogen (secondary N) is 1. The largest absolute Gasteiger partial charge is 0.434 e. The van der Waals surface area contributed by atoms with E-state index in [0.717, 1.165) is 12.4 Å². The summed E-state index contributed by atoms with van der Waals surface area (Å²) in [7, 11) is 0. The maximum Gasteiger partial charge on any atom is 0.387 e. The second kappa shape index (κ2) is 7.00. The molecule has 0 atom stereocenters. The van der Waals surface area contributed by atoms with Crippen molar-refractivity contribution in [1.29, 1.82) is 0 Å². The minimum absolute atomic E-state index is 0.203. The minimum Gasteiger partial charge on any atom is -0.434 e. The Hall–Kier alpha value is -1.95. The zero-order valence-electron chi connectivity index (χ0n) is 11.2. The molecule has 1 N–H and O–H groups in total. The molecule has 0 unspecified atom stereocenters. The quantitative estimate of drug-likeness (QED) is 0.848. The average molecular weight is 281 g/mol. The fraction of sp³-hybridized carbons (Fsp3) is 0.357. The van der Waals surface area contributed by atoms with Gasteiger partial charge in [0.15, 0.2) is 0 Å². The zero-order valence-corrected chi connectivity index (χ0v) is 11.2. The number of halogens is 2. The van der Waals surface area contributed by atoms with E-state index in [1.807, 2.05) is 17.7 Å². The van der Waals surface area contributed by atoms with Crippen LogP contribution >= 0.6 is 0 Å². The van der Waals surface area contributed by atoms with Gasteiger partial charge in [0.1, 0.15) is 11.6 Å². The average Bonchev–Trinajstić information content (AvgIpc) is 2.87. The minimum atomic E-state index is -2.81. The highest BCUT2D eigenvalue weighted by Gasteiger charge is 2.09. The Morgan fingerprint density at radius 1 is 1.30 bits per heavy atom. The van der Waals surface area contributed by atoms with Crippen LogP contribution in [0.4, 0.5) is 8.78 Å². The first-order valence-corrected chi connectivity index (χ1v) is 6.44. The predicted octanol–water partition coefficient (Wildman–Crippen LogP) is 2.79. The van der Waals surface area contributed by atoms with E-state index in [9.17, 15) is 8.78 Å². The molecule has 4 nitrogen and oxygen atoms in total. The highest BCUT2D eigenvalue weighted by molar-refractivity contribution is 5.33. The number of ether oxygens (including phenoxy) is 1. The maximum atomic E-state index is 12.3. The molecule has 0 saturated carbocycles. The third-order valence-electron chi connectivity index (χ3n) is 2.93. The van der Waals surface area contributed by atoms with Crippen LogP contribution in [0, 0.1) is 0 Å². The molecule has 2 rings (SSSR count). The Kier molecular flexibility index (Phi) is 5.06. The van der Waals surface area contributed by atoms with E-state index >= 15 is 0 Å². The molecule has 6 heteroatoms. The van der Waals surface area contributed by atoms with Gasteiger partial charge in [-0.2, -0.15) is 8.78 Å². The first-order chi connectivity index (χ1) is 9.70. The summed E-state index contributed by atoms with van der Waals surface area (Å²) in [5.74, 6) is 1.12. The number of benzene rings is 1. The molecule has 0 bridgehead atoms. The summed E-state index contributed by atoms with van der Waals surface area (Å²) in [4.78, 5) is 4.24. The Bertz CT molecular complexity index is 543. The van der Waals surface area contributed by atoms with Crippen molar-refractivity contribution in [1.82, 2.24) is 14.9 Å². The van der Waals surface area contributed by atoms with E-state index < -0.39 is 6.61 Å². The van der Waals surface area contributed by atoms with E-state index in [0.29, 0.717) is 18.7 Å². The SMILES string of the molecule is CCn1ccnc1CNCc1ccccc1OC(F)F. The van der Waals surface area contributed by atoms with Crippen molar-refractivity contribution in [2.75, 3.05) is 0 Å². The second-order valence-electron chi connectivity index (χ2n) is 4.22. The van der Waals surface area contributed by atoms with Crippen molar-refractivity contribution < 1.29 is 13.5 Å². The number of nitrogens with zero attached hydrogens (tertiary/aromatic N) is 2. The monoisotopic (exact) mass is 281 g/mol. The third kappa shape index (κ3) is 3.77. The molecule has 1 aromatic heterocycles. The van der Waals surface area contributed by atoms with Crippen LogP contribution in [0.1, 0.15) is 18.3 Å². The number of imidazole rings is 1. The van der Waals surface area contributed by atoms with Gasteiger partial charge in [-0.05, 0) is 13.0 Å². The third-order valence-corrected chi connectivity index (χ3v) is 2.93. The topological polar surface area (TPSA) is 39.1 Å². The lowest BCUT2D eigenvalue weighted by Crippen LogP contribution is -2.17. The molecule has 0 spiro atoms. The molecule has 1 aromatic carbocycles. The Balaban J connectivity index is 1.94. The predicted molar refractivity (Wildman–Crippen MR) is 71.5 cm³/mol. The van der Waals surface area contributed by atoms with Gasteiger partial charge in [-0.1, -0.05) is 18.2 Å². The molecule has 1 heterocycles. The normalized spacial score (nSPS) is 11.0. The standard InChI is InChI=1S/C14H17F2N3O/c1-2-19-8-7-18-13(19)10-17-9-11-5-3-4-6-12(11)20-14(15)16/h3-8,14,17H,2,9-10H2,1H3. The molecular weight excluding hydrogens is 264 g/mol. The molecule has 0 radical (unpaired) electrons. The molecule has 0 amide bonds. The van der Waals surface area contributed by atoms with Crippen LogP contribution in [0.5, 0.6) is 5.75 Å². The molecule has 0 saturated heterocycles. The van der Waals surface area contributed by atoms with Crippen LogP contribution in [-0.4, -0.2) is 16.2 Å². The van der Waals surface area contributed by atoms with Gasteiger partial charge in [0.2, 0.25) is 0 Å². The van der Waals surface area contributed by atoms with Crippen molar-refractivity contribution in [2.24, 2.45) is 0 Å². The molecule has 0 aliphatic heterocycles. The van der Waals surface area contributed by atoms with Crippen molar-refractivity contribution in [2.45, 2.75) is 33.2 Å². The summed E-state index contributed by atoms with van der Waals surface area (Å²) in [5, 5.41) is 3.18. The van der Waals surface area contributed by atoms with Crippen LogP contribution in [-0.2, 0) is 19.6 Å². The summed E-state index contributed by atoms with van der Waals surface area (Å²) in [6, 6.07) is 6.76. The van der Waals surface area contributed by atoms with Crippen LogP contribution < -0.4 is 10.1 Å². The van der Waals surface area contributed by atoms with Gasteiger partial charge >= 0.3 is 6.61 Å². The van der Waals surface area contributed by atoms with Crippen LogP contribution in [0.15, 0.2) is 36.7 Å². The molecule has 0 fully saturated rings. The highest BCUT2D eigenvalue weighted by Crippen LogP contribution is 2.20. The van der Waals surface area contributed by atoms with Crippen LogP contribution in [0.25, 0.3) is 0 Å². The number of para-hydroxylation sites is 1. The summed E-state index contributed by atoms with van der Waals surface area (Å²) in [6.07, 6.45) is 3.65. The fourth-order valence-electron chi connectivity index (χ4n) is 1.96. The molecule has 2 aromatic rings. The van der Waals surface area contributed by atoms with Crippen molar-refractivity contribution in [3.05, 3.63) is 48.0 Å². The summed E-state index contributed by atoms with van der Waals surface area (Å²) in [6.45, 7) is 1.10. The molecule has 20 heavy (non-hydrogen) atoms. The van der Waals surface area contributed by atoms with Gasteiger partial charge in [0.05, 0.1) is 6.54 Å². The smallest absolute Gasteiger partial charge is 0.387 e. The maximum absolute atomic E-state index is 12.3. The van der Waals surface area contributed by atoms with E-state index in [-0.39, 0.29) is 5.75 Å². The van der Waals surface area contributed by atoms with E-state index in [4.69, 9.17) is 0 Å². The van der Waals surface area contributed by atoms with E-state index in [2.05, 4.69) is 15.0 Å². The van der Waals surface area contributed by atoms with Gasteiger partial charge in [-0.15, -0.1) is 0 Å². The highest BCUT2D eigenvalue weighted by atomic mass is 19.3. The van der Waals surface area contributed by atoms with Gasteiger partial charge in [-0.25, -0.2) is 4.98 Å². The lowest BCUT2D eigenvalue weighted by molar-refractivity contribution is -0.0505. The molecule has 0 aliphatic carbocycles. The van der Waals surface area contributed by atoms with Crippen molar-refractivity contribution in [3.63, 3.8) is 0 Å². The Labute approximate surface area is 116 Å². The molecule has 108 valence electrons. The van der Waals surface area contributed by atoms with Gasteiger partial charge in [0, 0.05) is 31.0 Å². The Morgan fingerprint density at radius 3 is 2.85 bits per heavy atom. The van der Waals surface area contributed by atoms with Crippen LogP contribution in [0.2, 0.25) is 0 Å². The summed E-state index contributed by atoms with van der Waals surface area (Å²) >= 11 is 0. The number of aromatic nitrogens is 2. The second-order valence-corrected chi connectivity index (χ2v) is 4.22. The lowest BCUT2D eigenvalue weighted by Gasteiger charge is -2.11. The van der Waals surface area contributed by atoms with Crippen molar-refractivity contribution in [3.8, 4) is 5.75 Å². The van der Waals surface area contributed by atoms with E-state index in [1.54, 1.807) is 24.4 Å². The number of aryl methyl sites for hydroxylation is 1. The van der Waals surface area contributed by atoms with Gasteiger partial charge in [0.25, 0.3) is 0 Å². The molecular formula is C14H17F2N3O. The lowest BCUT2D eigenvalue weighted by atomic mass is 10.2. The number of rotatable bonds is 7. The molecule has 0 aliphatic rings. The van der Waals surface area contributed by atoms with Crippen LogP contribution in [0.3, 0.4) is 0 Å². The van der Waals surface area contributed by atoms with Gasteiger partial charge in [-0.3, -0.25) is 0 Å². The first kappa shape index (κ1) is 14.5. The first-order valence-electron chi connectivity index (χ1n) is 6.44. The number of hydrogen-bond acceptors (Lipinski definition) is 3. The Morgan fingerprint density at radius 2 is 2.10 bits per heavy atom. The summed E-state index contributed by atoms with van der Waals surface area (Å²) in [5.41, 5.74) is 0.697. The van der Waals surface area contributed by atoms with E-state index in [1.165, 1.54) is 6.07 Å². The zero-order chi connectivity index (χ0) is 14.4.